The van der Waals surface area contributed by atoms with Gasteiger partial charge in [0.2, 0.25) is 17.7 Å². The summed E-state index contributed by atoms with van der Waals surface area (Å²) in [6, 6.07) is 4.98. The van der Waals surface area contributed by atoms with E-state index in [4.69, 9.17) is 23.2 Å². The highest BCUT2D eigenvalue weighted by atomic mass is 35.5. The summed E-state index contributed by atoms with van der Waals surface area (Å²) in [7, 11) is 0. The molecule has 176 valence electrons. The monoisotopic (exact) mass is 502 g/mol. The van der Waals surface area contributed by atoms with Crippen LogP contribution in [0.2, 0.25) is 10.0 Å². The topological polar surface area (TPSA) is 101 Å². The number of hydrogen-bond donors (Lipinski definition) is 2. The summed E-state index contributed by atoms with van der Waals surface area (Å²) in [5.41, 5.74) is -1.40. The van der Waals surface area contributed by atoms with Crippen LogP contribution in [0.3, 0.4) is 0 Å². The van der Waals surface area contributed by atoms with Crippen molar-refractivity contribution in [1.29, 1.82) is 0 Å². The van der Waals surface area contributed by atoms with Gasteiger partial charge in [-0.25, -0.2) is 0 Å². The number of halogens is 5. The Hall–Kier alpha value is -2.72. The summed E-state index contributed by atoms with van der Waals surface area (Å²) in [5.74, 6) is -2.00. The quantitative estimate of drug-likeness (QED) is 0.603. The van der Waals surface area contributed by atoms with E-state index >= 15 is 0 Å². The molecule has 12 heteroatoms. The van der Waals surface area contributed by atoms with Gasteiger partial charge in [-0.3, -0.25) is 19.7 Å². The maximum absolute atomic E-state index is 12.7. The Morgan fingerprint density at radius 3 is 2.21 bits per heavy atom. The Morgan fingerprint density at radius 2 is 1.70 bits per heavy atom. The number of piperidine rings is 1. The lowest BCUT2D eigenvalue weighted by molar-refractivity contribution is -0.142. The van der Waals surface area contributed by atoms with Crippen LogP contribution in [0.4, 0.5) is 13.2 Å². The Labute approximate surface area is 197 Å². The number of aromatic nitrogens is 2. The second kappa shape index (κ2) is 9.26. The lowest BCUT2D eigenvalue weighted by Crippen LogP contribution is -2.40. The number of amides is 3. The zero-order valence-corrected chi connectivity index (χ0v) is 19.0. The van der Waals surface area contributed by atoms with E-state index in [1.165, 1.54) is 13.8 Å². The van der Waals surface area contributed by atoms with Gasteiger partial charge >= 0.3 is 6.18 Å². The predicted octanol–water partition coefficient (Wildman–Crippen LogP) is 3.92. The summed E-state index contributed by atoms with van der Waals surface area (Å²) in [6.07, 6.45) is -4.18. The van der Waals surface area contributed by atoms with Gasteiger partial charge in [0.15, 0.2) is 5.69 Å². The molecule has 0 radical (unpaired) electrons. The number of nitrogens with zero attached hydrogens (tertiary/aromatic N) is 2. The van der Waals surface area contributed by atoms with E-state index < -0.39 is 35.0 Å². The third-order valence-electron chi connectivity index (χ3n) is 5.34. The minimum atomic E-state index is -4.63. The summed E-state index contributed by atoms with van der Waals surface area (Å²) in [6.45, 7) is 3.03. The van der Waals surface area contributed by atoms with Crippen molar-refractivity contribution >= 4 is 40.9 Å². The summed E-state index contributed by atoms with van der Waals surface area (Å²) in [5, 5.41) is 12.1. The number of benzene rings is 1. The highest BCUT2D eigenvalue weighted by Gasteiger charge is 2.36. The van der Waals surface area contributed by atoms with Crippen LogP contribution in [0, 0.1) is 0 Å². The highest BCUT2D eigenvalue weighted by molar-refractivity contribution is 6.36. The fraction of sp³-hybridized carbons (Fsp3) is 0.381. The van der Waals surface area contributed by atoms with Gasteiger partial charge in [-0.2, -0.15) is 18.3 Å². The van der Waals surface area contributed by atoms with Crippen molar-refractivity contribution in [3.8, 4) is 0 Å². The number of carbonyl (C=O) groups excluding carboxylic acids is 3. The molecule has 1 aliphatic rings. The number of rotatable bonds is 5. The van der Waals surface area contributed by atoms with Gasteiger partial charge in [0.1, 0.15) is 0 Å². The van der Waals surface area contributed by atoms with Gasteiger partial charge in [0.05, 0.1) is 17.0 Å². The number of carbonyl (C=O) groups is 3. The number of hydrogen-bond acceptors (Lipinski definition) is 5. The van der Waals surface area contributed by atoms with Crippen LogP contribution in [0.1, 0.15) is 55.1 Å². The average molecular weight is 503 g/mol. The average Bonchev–Trinajstić information content (AvgIpc) is 2.72. The van der Waals surface area contributed by atoms with Crippen molar-refractivity contribution in [2.24, 2.45) is 0 Å². The number of alkyl halides is 3. The van der Waals surface area contributed by atoms with Crippen LogP contribution < -0.4 is 10.6 Å². The maximum atomic E-state index is 12.7. The fourth-order valence-electron chi connectivity index (χ4n) is 3.38. The molecule has 33 heavy (non-hydrogen) atoms. The first-order chi connectivity index (χ1) is 15.3. The van der Waals surface area contributed by atoms with Crippen molar-refractivity contribution in [3.05, 3.63) is 56.8 Å². The van der Waals surface area contributed by atoms with Crippen LogP contribution in [0.5, 0.6) is 0 Å². The van der Waals surface area contributed by atoms with Gasteiger partial charge in [0, 0.05) is 28.6 Å². The second-order valence-electron chi connectivity index (χ2n) is 8.09. The first-order valence-corrected chi connectivity index (χ1v) is 10.6. The van der Waals surface area contributed by atoms with Crippen molar-refractivity contribution in [2.75, 3.05) is 0 Å². The van der Waals surface area contributed by atoms with E-state index in [-0.39, 0.29) is 41.0 Å². The molecule has 1 saturated heterocycles. The Kier molecular flexibility index (Phi) is 6.99. The van der Waals surface area contributed by atoms with E-state index in [0.717, 1.165) is 12.1 Å². The summed E-state index contributed by atoms with van der Waals surface area (Å²) in [4.78, 5) is 36.2. The largest absolute Gasteiger partial charge is 0.435 e. The normalized spacial score (nSPS) is 17.0. The second-order valence-corrected chi connectivity index (χ2v) is 8.90. The third kappa shape index (κ3) is 5.44. The van der Waals surface area contributed by atoms with Gasteiger partial charge in [-0.1, -0.05) is 23.2 Å². The molecule has 2 aromatic rings. The minimum Gasteiger partial charge on any atom is -0.351 e. The molecule has 3 rings (SSSR count). The van der Waals surface area contributed by atoms with Crippen LogP contribution >= 0.6 is 23.2 Å². The van der Waals surface area contributed by atoms with Gasteiger partial charge in [-0.05, 0) is 50.1 Å². The highest BCUT2D eigenvalue weighted by Crippen LogP contribution is 2.37. The molecule has 0 bridgehead atoms. The summed E-state index contributed by atoms with van der Waals surface area (Å²) >= 11 is 12.7. The zero-order valence-electron chi connectivity index (χ0n) is 17.5. The van der Waals surface area contributed by atoms with Crippen molar-refractivity contribution in [2.45, 2.75) is 50.7 Å². The van der Waals surface area contributed by atoms with E-state index in [1.54, 1.807) is 12.1 Å². The summed E-state index contributed by atoms with van der Waals surface area (Å²) < 4.78 is 38.1. The molecule has 7 nitrogen and oxygen atoms in total. The molecule has 1 aromatic heterocycles. The molecule has 2 heterocycles. The van der Waals surface area contributed by atoms with E-state index in [9.17, 15) is 27.6 Å². The molecule has 0 aliphatic carbocycles. The first kappa shape index (κ1) is 24.9. The number of nitrogens with one attached hydrogen (secondary N) is 2. The van der Waals surface area contributed by atoms with Gasteiger partial charge in [0.25, 0.3) is 0 Å². The molecule has 0 saturated carbocycles. The molecule has 1 aliphatic heterocycles. The third-order valence-corrected chi connectivity index (χ3v) is 5.97. The predicted molar refractivity (Wildman–Crippen MR) is 113 cm³/mol. The van der Waals surface area contributed by atoms with E-state index in [0.29, 0.717) is 11.1 Å². The van der Waals surface area contributed by atoms with Crippen LogP contribution in [-0.4, -0.2) is 27.9 Å². The minimum absolute atomic E-state index is 0.0192. The SMILES string of the molecule is CC(C)(C(=O)NCc1cc(Cl)c(C2CCC(=O)NC2=O)c(Cl)c1)c1ccc(C(F)(F)F)nn1. The van der Waals surface area contributed by atoms with E-state index in [1.807, 2.05) is 0 Å². The standard InChI is InChI=1S/C21H19Cl2F3N4O3/c1-20(2,14-4-5-15(30-29-14)21(24,25)26)19(33)27-9-10-7-12(22)17(13(23)8-10)11-3-6-16(31)28-18(11)32/h4-5,7-8,11H,3,6,9H2,1-2H3,(H,27,33)(H,28,31,32). The van der Waals surface area contributed by atoms with Crippen molar-refractivity contribution in [1.82, 2.24) is 20.8 Å². The maximum Gasteiger partial charge on any atom is 0.435 e. The number of imide groups is 1. The smallest absolute Gasteiger partial charge is 0.351 e. The Morgan fingerprint density at radius 1 is 1.12 bits per heavy atom. The fourth-order valence-corrected chi connectivity index (χ4v) is 4.17. The van der Waals surface area contributed by atoms with Gasteiger partial charge in [-0.15, -0.1) is 5.10 Å². The van der Waals surface area contributed by atoms with Gasteiger partial charge < -0.3 is 5.32 Å². The molecule has 3 amide bonds. The molecule has 2 N–H and O–H groups in total. The molecule has 0 spiro atoms. The van der Waals surface area contributed by atoms with Crippen molar-refractivity contribution in [3.63, 3.8) is 0 Å². The molecule has 1 aromatic carbocycles. The molecular formula is C21H19Cl2F3N4O3. The molecule has 1 fully saturated rings. The van der Waals surface area contributed by atoms with Crippen LogP contribution in [0.25, 0.3) is 0 Å². The molecule has 1 unspecified atom stereocenters. The lowest BCUT2D eigenvalue weighted by Gasteiger charge is -2.24. The van der Waals surface area contributed by atoms with Crippen molar-refractivity contribution < 1.29 is 27.6 Å². The first-order valence-electron chi connectivity index (χ1n) is 9.82. The zero-order chi connectivity index (χ0) is 24.6. The van der Waals surface area contributed by atoms with E-state index in [2.05, 4.69) is 20.8 Å². The lowest BCUT2D eigenvalue weighted by atomic mass is 9.87. The Balaban J connectivity index is 1.72. The van der Waals surface area contributed by atoms with Crippen LogP contribution in [-0.2, 0) is 32.5 Å². The molecule has 1 atom stereocenters. The Bertz CT molecular complexity index is 1080. The van der Waals surface area contributed by atoms with Crippen LogP contribution in [0.15, 0.2) is 24.3 Å². The molecular weight excluding hydrogens is 484 g/mol.